The van der Waals surface area contributed by atoms with Crippen molar-refractivity contribution in [2.45, 2.75) is 60.1 Å². The highest BCUT2D eigenvalue weighted by Gasteiger charge is 2.19. The highest BCUT2D eigenvalue weighted by molar-refractivity contribution is 14.1. The van der Waals surface area contributed by atoms with Crippen molar-refractivity contribution in [3.8, 4) is 0 Å². The van der Waals surface area contributed by atoms with Crippen molar-refractivity contribution < 1.29 is 19.4 Å². The molecule has 0 aliphatic heterocycles. The van der Waals surface area contributed by atoms with Gasteiger partial charge in [0.25, 0.3) is 0 Å². The molecule has 0 aliphatic carbocycles. The topological polar surface area (TPSA) is 75.6 Å². The summed E-state index contributed by atoms with van der Waals surface area (Å²) in [5.74, 6) is -1.14. The molecule has 5 nitrogen and oxygen atoms in total. The van der Waals surface area contributed by atoms with E-state index in [0.717, 1.165) is 31.4 Å². The van der Waals surface area contributed by atoms with Crippen LogP contribution in [0.1, 0.15) is 48.6 Å². The van der Waals surface area contributed by atoms with Gasteiger partial charge in [-0.25, -0.2) is 0 Å². The molecule has 1 aromatic carbocycles. The van der Waals surface area contributed by atoms with Gasteiger partial charge in [-0.3, -0.25) is 9.59 Å². The minimum Gasteiger partial charge on any atom is -0.481 e. The van der Waals surface area contributed by atoms with E-state index in [9.17, 15) is 9.59 Å². The zero-order chi connectivity index (χ0) is 18.7. The van der Waals surface area contributed by atoms with E-state index in [-0.39, 0.29) is 18.9 Å². The summed E-state index contributed by atoms with van der Waals surface area (Å²) >= 11 is 2.25. The van der Waals surface area contributed by atoms with Crippen molar-refractivity contribution in [2.24, 2.45) is 0 Å². The van der Waals surface area contributed by atoms with Crippen LogP contribution in [0.2, 0.25) is 0 Å². The van der Waals surface area contributed by atoms with Crippen molar-refractivity contribution in [2.75, 3.05) is 6.54 Å². The van der Waals surface area contributed by atoms with Crippen molar-refractivity contribution in [1.29, 1.82) is 0 Å². The van der Waals surface area contributed by atoms with Gasteiger partial charge in [0.15, 0.2) is 0 Å². The molecule has 0 aliphatic rings. The largest absolute Gasteiger partial charge is 0.481 e. The molecule has 0 saturated carbocycles. The highest BCUT2D eigenvalue weighted by atomic mass is 127. The minimum atomic E-state index is -0.839. The van der Waals surface area contributed by atoms with Crippen LogP contribution in [0, 0.1) is 24.3 Å². The molecule has 134 valence electrons. The Kier molecular flexibility index (Phi) is 7.22. The van der Waals surface area contributed by atoms with E-state index in [0.29, 0.717) is 6.54 Å². The lowest BCUT2D eigenvalue weighted by Crippen LogP contribution is -2.31. The molecule has 0 amide bonds. The summed E-state index contributed by atoms with van der Waals surface area (Å²) in [6, 6.07) is 0. The molecular weight excluding hydrogens is 421 g/mol. The SMILES string of the molecule is Cc1c(I)c(C)c(CC(=O)O)c(C)c1CNCC(=O)OC(C)(C)C. The first-order chi connectivity index (χ1) is 10.9. The first kappa shape index (κ1) is 20.9. The third-order valence-electron chi connectivity index (χ3n) is 3.79. The summed E-state index contributed by atoms with van der Waals surface area (Å²) < 4.78 is 6.35. The Labute approximate surface area is 157 Å². The van der Waals surface area contributed by atoms with E-state index in [1.165, 1.54) is 0 Å². The maximum atomic E-state index is 11.8. The van der Waals surface area contributed by atoms with E-state index >= 15 is 0 Å². The van der Waals surface area contributed by atoms with Gasteiger partial charge < -0.3 is 15.2 Å². The zero-order valence-electron chi connectivity index (χ0n) is 15.2. The number of hydrogen-bond acceptors (Lipinski definition) is 4. The van der Waals surface area contributed by atoms with E-state index in [1.807, 2.05) is 41.5 Å². The quantitative estimate of drug-likeness (QED) is 0.517. The Morgan fingerprint density at radius 3 is 2.12 bits per heavy atom. The second-order valence-electron chi connectivity index (χ2n) is 6.91. The number of carbonyl (C=O) groups excluding carboxylic acids is 1. The summed E-state index contributed by atoms with van der Waals surface area (Å²) in [5, 5.41) is 12.3. The van der Waals surface area contributed by atoms with Gasteiger partial charge in [0, 0.05) is 10.1 Å². The number of benzene rings is 1. The Morgan fingerprint density at radius 2 is 1.62 bits per heavy atom. The molecule has 0 fully saturated rings. The molecule has 1 aromatic rings. The summed E-state index contributed by atoms with van der Waals surface area (Å²) in [7, 11) is 0. The third-order valence-corrected chi connectivity index (χ3v) is 5.41. The van der Waals surface area contributed by atoms with Crippen LogP contribution in [0.4, 0.5) is 0 Å². The van der Waals surface area contributed by atoms with Crippen LogP contribution in [-0.2, 0) is 27.3 Å². The van der Waals surface area contributed by atoms with Crippen molar-refractivity contribution in [1.82, 2.24) is 5.32 Å². The zero-order valence-corrected chi connectivity index (χ0v) is 17.3. The molecule has 0 bridgehead atoms. The van der Waals surface area contributed by atoms with E-state index in [2.05, 4.69) is 27.9 Å². The lowest BCUT2D eigenvalue weighted by atomic mass is 9.91. The predicted octanol–water partition coefficient (Wildman–Crippen LogP) is 3.27. The number of halogens is 1. The normalized spacial score (nSPS) is 11.5. The molecule has 0 atom stereocenters. The second kappa shape index (κ2) is 8.29. The molecule has 24 heavy (non-hydrogen) atoms. The third kappa shape index (κ3) is 5.73. The fourth-order valence-electron chi connectivity index (χ4n) is 2.64. The number of carboxylic acids is 1. The Bertz CT molecular complexity index is 648. The van der Waals surface area contributed by atoms with Gasteiger partial charge in [0.05, 0.1) is 13.0 Å². The lowest BCUT2D eigenvalue weighted by Gasteiger charge is -2.21. The maximum absolute atomic E-state index is 11.8. The van der Waals surface area contributed by atoms with Gasteiger partial charge in [-0.1, -0.05) is 0 Å². The molecular formula is C18H26INO4. The van der Waals surface area contributed by atoms with Crippen LogP contribution >= 0.6 is 22.6 Å². The highest BCUT2D eigenvalue weighted by Crippen LogP contribution is 2.28. The lowest BCUT2D eigenvalue weighted by molar-refractivity contribution is -0.153. The van der Waals surface area contributed by atoms with Crippen LogP contribution in [0.5, 0.6) is 0 Å². The number of esters is 1. The number of ether oxygens (including phenoxy) is 1. The van der Waals surface area contributed by atoms with Gasteiger partial charge >= 0.3 is 11.9 Å². The van der Waals surface area contributed by atoms with Crippen LogP contribution < -0.4 is 5.32 Å². The van der Waals surface area contributed by atoms with Gasteiger partial charge in [-0.15, -0.1) is 0 Å². The smallest absolute Gasteiger partial charge is 0.320 e. The number of rotatable bonds is 6. The summed E-state index contributed by atoms with van der Waals surface area (Å²) in [4.78, 5) is 22.9. The number of carbonyl (C=O) groups is 2. The number of nitrogens with one attached hydrogen (secondary N) is 1. The maximum Gasteiger partial charge on any atom is 0.320 e. The molecule has 0 spiro atoms. The molecule has 0 saturated heterocycles. The van der Waals surface area contributed by atoms with Gasteiger partial charge in [-0.05, 0) is 92.0 Å². The van der Waals surface area contributed by atoms with Gasteiger partial charge in [0.1, 0.15) is 5.60 Å². The van der Waals surface area contributed by atoms with E-state index in [4.69, 9.17) is 9.84 Å². The molecule has 6 heteroatoms. The Hall–Kier alpha value is -1.15. The Balaban J connectivity index is 2.94. The van der Waals surface area contributed by atoms with E-state index in [1.54, 1.807) is 0 Å². The predicted molar refractivity (Wildman–Crippen MR) is 102 cm³/mol. The average molecular weight is 447 g/mol. The minimum absolute atomic E-state index is 0.00696. The monoisotopic (exact) mass is 447 g/mol. The number of hydrogen-bond donors (Lipinski definition) is 2. The first-order valence-electron chi connectivity index (χ1n) is 7.85. The fraction of sp³-hybridized carbons (Fsp3) is 0.556. The average Bonchev–Trinajstić information content (AvgIpc) is 2.43. The van der Waals surface area contributed by atoms with Gasteiger partial charge in [-0.2, -0.15) is 0 Å². The summed E-state index contributed by atoms with van der Waals surface area (Å²) in [5.41, 5.74) is 4.51. The number of carboxylic acid groups (broad SMARTS) is 1. The molecule has 0 unspecified atom stereocenters. The van der Waals surface area contributed by atoms with Crippen LogP contribution in [0.15, 0.2) is 0 Å². The first-order valence-corrected chi connectivity index (χ1v) is 8.93. The van der Waals surface area contributed by atoms with Crippen molar-refractivity contribution >= 4 is 34.5 Å². The van der Waals surface area contributed by atoms with Crippen molar-refractivity contribution in [3.63, 3.8) is 0 Å². The van der Waals surface area contributed by atoms with E-state index < -0.39 is 11.6 Å². The summed E-state index contributed by atoms with van der Waals surface area (Å²) in [6.45, 7) is 12.0. The van der Waals surface area contributed by atoms with Crippen LogP contribution in [-0.4, -0.2) is 29.2 Å². The second-order valence-corrected chi connectivity index (χ2v) is 7.99. The molecule has 0 radical (unpaired) electrons. The van der Waals surface area contributed by atoms with Crippen molar-refractivity contribution in [3.05, 3.63) is 31.4 Å². The molecule has 1 rings (SSSR count). The van der Waals surface area contributed by atoms with Crippen LogP contribution in [0.3, 0.4) is 0 Å². The number of aliphatic carboxylic acids is 1. The fourth-order valence-corrected chi connectivity index (χ4v) is 3.29. The Morgan fingerprint density at radius 1 is 1.08 bits per heavy atom. The summed E-state index contributed by atoms with van der Waals surface area (Å²) in [6.07, 6.45) is 0.00696. The van der Waals surface area contributed by atoms with Crippen LogP contribution in [0.25, 0.3) is 0 Å². The molecule has 0 aromatic heterocycles. The molecule has 0 heterocycles. The van der Waals surface area contributed by atoms with Gasteiger partial charge in [0.2, 0.25) is 0 Å². The molecule has 2 N–H and O–H groups in total. The standard InChI is InChI=1S/C18H26INO4/c1-10-13(7-15(21)22)11(2)17(19)12(3)14(10)8-20-9-16(23)24-18(4,5)6/h20H,7-9H2,1-6H3,(H,21,22).